The number of carbonyl (C=O) groups excluding carboxylic acids is 1. The Labute approximate surface area is 193 Å². The second kappa shape index (κ2) is 11.0. The molecule has 29 heavy (non-hydrogen) atoms. The Balaban J connectivity index is 0.00000300. The number of nitrogens with zero attached hydrogens (tertiary/aromatic N) is 4. The molecule has 2 atom stereocenters. The van der Waals surface area contributed by atoms with E-state index in [1.54, 1.807) is 0 Å². The maximum absolute atomic E-state index is 12.3. The normalized spacial score (nSPS) is 25.2. The SMILES string of the molecule is CC1CCCN(CCCCNC2=NCC3CN(C(=O)OC(C)(C)C)CCN23)C1.I. The van der Waals surface area contributed by atoms with Crippen molar-refractivity contribution in [3.8, 4) is 0 Å². The maximum Gasteiger partial charge on any atom is 0.410 e. The Hall–Kier alpha value is -0.770. The number of fused-ring (bicyclic) bond motifs is 1. The molecule has 2 unspecified atom stereocenters. The molecule has 168 valence electrons. The molecule has 0 aliphatic carbocycles. The van der Waals surface area contributed by atoms with E-state index in [-0.39, 0.29) is 36.1 Å². The lowest BCUT2D eigenvalue weighted by Gasteiger charge is -2.39. The lowest BCUT2D eigenvalue weighted by molar-refractivity contribution is 0.0137. The van der Waals surface area contributed by atoms with Crippen molar-refractivity contribution in [3.05, 3.63) is 0 Å². The van der Waals surface area contributed by atoms with Gasteiger partial charge in [-0.05, 0) is 65.5 Å². The molecule has 1 N–H and O–H groups in total. The van der Waals surface area contributed by atoms with Crippen LogP contribution in [-0.4, -0.2) is 90.8 Å². The van der Waals surface area contributed by atoms with Crippen LogP contribution < -0.4 is 5.32 Å². The van der Waals surface area contributed by atoms with Crippen LogP contribution >= 0.6 is 24.0 Å². The summed E-state index contributed by atoms with van der Waals surface area (Å²) < 4.78 is 5.51. The van der Waals surface area contributed by atoms with E-state index in [0.717, 1.165) is 31.5 Å². The number of piperazine rings is 1. The Morgan fingerprint density at radius 2 is 2.00 bits per heavy atom. The molecule has 0 aromatic rings. The van der Waals surface area contributed by atoms with E-state index < -0.39 is 5.60 Å². The lowest BCUT2D eigenvalue weighted by atomic mass is 10.0. The topological polar surface area (TPSA) is 60.4 Å². The van der Waals surface area contributed by atoms with E-state index in [2.05, 4.69) is 27.0 Å². The average Bonchev–Trinajstić information content (AvgIpc) is 3.02. The highest BCUT2D eigenvalue weighted by atomic mass is 127. The smallest absolute Gasteiger partial charge is 0.410 e. The minimum Gasteiger partial charge on any atom is -0.444 e. The summed E-state index contributed by atoms with van der Waals surface area (Å²) in [5.74, 6) is 1.87. The summed E-state index contributed by atoms with van der Waals surface area (Å²) in [6.45, 7) is 15.8. The van der Waals surface area contributed by atoms with Gasteiger partial charge in [-0.2, -0.15) is 0 Å². The first-order chi connectivity index (χ1) is 13.3. The fraction of sp³-hybridized carbons (Fsp3) is 0.905. The zero-order valence-corrected chi connectivity index (χ0v) is 21.0. The van der Waals surface area contributed by atoms with Crippen LogP contribution in [-0.2, 0) is 4.74 Å². The van der Waals surface area contributed by atoms with Gasteiger partial charge >= 0.3 is 6.09 Å². The minimum absolute atomic E-state index is 0. The van der Waals surface area contributed by atoms with Gasteiger partial charge in [0.15, 0.2) is 5.96 Å². The standard InChI is InChI=1S/C21H39N5O2.HI/c1-17-8-7-11-24(15-17)10-6-5-9-22-19-23-14-18-16-25(12-13-26(18)19)20(27)28-21(2,3)4;/h17-18H,5-16H2,1-4H3,(H,22,23);1H. The van der Waals surface area contributed by atoms with E-state index in [4.69, 9.17) is 4.74 Å². The van der Waals surface area contributed by atoms with Crippen molar-refractivity contribution in [1.82, 2.24) is 20.0 Å². The van der Waals surface area contributed by atoms with Crippen molar-refractivity contribution in [3.63, 3.8) is 0 Å². The van der Waals surface area contributed by atoms with Crippen LogP contribution in [0, 0.1) is 5.92 Å². The molecule has 7 nitrogen and oxygen atoms in total. The summed E-state index contributed by atoms with van der Waals surface area (Å²) in [5, 5.41) is 3.53. The highest BCUT2D eigenvalue weighted by Crippen LogP contribution is 2.19. The zero-order chi connectivity index (χ0) is 20.1. The van der Waals surface area contributed by atoms with Crippen molar-refractivity contribution in [2.45, 2.75) is 65.0 Å². The van der Waals surface area contributed by atoms with E-state index in [0.29, 0.717) is 13.1 Å². The molecular formula is C21H40IN5O2. The van der Waals surface area contributed by atoms with E-state index in [1.165, 1.54) is 45.3 Å². The number of halogens is 1. The molecule has 0 aromatic carbocycles. The number of rotatable bonds is 5. The number of amides is 1. The van der Waals surface area contributed by atoms with E-state index in [9.17, 15) is 4.79 Å². The molecule has 0 spiro atoms. The second-order valence-electron chi connectivity index (χ2n) is 9.62. The van der Waals surface area contributed by atoms with Gasteiger partial charge in [-0.25, -0.2) is 4.79 Å². The number of likely N-dealkylation sites (tertiary alicyclic amines) is 1. The van der Waals surface area contributed by atoms with Crippen LogP contribution in [0.4, 0.5) is 4.79 Å². The molecule has 3 aliphatic rings. The summed E-state index contributed by atoms with van der Waals surface area (Å²) in [6, 6.07) is 0.276. The van der Waals surface area contributed by atoms with Gasteiger partial charge in [0, 0.05) is 32.7 Å². The monoisotopic (exact) mass is 521 g/mol. The third kappa shape index (κ3) is 7.45. The minimum atomic E-state index is -0.445. The zero-order valence-electron chi connectivity index (χ0n) is 18.7. The number of ether oxygens (including phenoxy) is 1. The van der Waals surface area contributed by atoms with Crippen LogP contribution in [0.5, 0.6) is 0 Å². The van der Waals surface area contributed by atoms with Crippen molar-refractivity contribution >= 4 is 36.0 Å². The highest BCUT2D eigenvalue weighted by molar-refractivity contribution is 14.0. The van der Waals surface area contributed by atoms with E-state index >= 15 is 0 Å². The average molecular weight is 521 g/mol. The number of unbranched alkanes of at least 4 members (excludes halogenated alkanes) is 1. The van der Waals surface area contributed by atoms with Gasteiger partial charge in [-0.1, -0.05) is 6.92 Å². The Morgan fingerprint density at radius 3 is 2.72 bits per heavy atom. The molecule has 3 aliphatic heterocycles. The van der Waals surface area contributed by atoms with Gasteiger partial charge in [-0.15, -0.1) is 24.0 Å². The summed E-state index contributed by atoms with van der Waals surface area (Å²) in [6.07, 6.45) is 4.95. The van der Waals surface area contributed by atoms with Crippen LogP contribution in [0.15, 0.2) is 4.99 Å². The molecule has 0 saturated carbocycles. The van der Waals surface area contributed by atoms with Crippen LogP contribution in [0.2, 0.25) is 0 Å². The molecule has 0 aromatic heterocycles. The van der Waals surface area contributed by atoms with E-state index in [1.807, 2.05) is 25.7 Å². The first-order valence-electron chi connectivity index (χ1n) is 11.1. The largest absolute Gasteiger partial charge is 0.444 e. The summed E-state index contributed by atoms with van der Waals surface area (Å²) in [4.78, 5) is 23.8. The second-order valence-corrected chi connectivity index (χ2v) is 9.62. The molecule has 3 heterocycles. The van der Waals surface area contributed by atoms with Crippen LogP contribution in [0.3, 0.4) is 0 Å². The molecule has 8 heteroatoms. The molecule has 2 saturated heterocycles. The van der Waals surface area contributed by atoms with Crippen LogP contribution in [0.25, 0.3) is 0 Å². The van der Waals surface area contributed by atoms with Crippen LogP contribution in [0.1, 0.15) is 53.4 Å². The molecule has 2 fully saturated rings. The van der Waals surface area contributed by atoms with Gasteiger partial charge < -0.3 is 24.8 Å². The lowest BCUT2D eigenvalue weighted by Crippen LogP contribution is -2.57. The quantitative estimate of drug-likeness (QED) is 0.446. The van der Waals surface area contributed by atoms with Gasteiger partial charge in [0.1, 0.15) is 5.60 Å². The first-order valence-corrected chi connectivity index (χ1v) is 11.1. The predicted octanol–water partition coefficient (Wildman–Crippen LogP) is 3.00. The Bertz CT molecular complexity index is 566. The maximum atomic E-state index is 12.3. The third-order valence-corrected chi connectivity index (χ3v) is 5.78. The van der Waals surface area contributed by atoms with Crippen molar-refractivity contribution in [2.24, 2.45) is 10.9 Å². The van der Waals surface area contributed by atoms with Crippen molar-refractivity contribution in [1.29, 1.82) is 0 Å². The molecule has 0 bridgehead atoms. The van der Waals surface area contributed by atoms with Gasteiger partial charge in [-0.3, -0.25) is 4.99 Å². The molecule has 1 amide bonds. The molecule has 0 radical (unpaired) electrons. The van der Waals surface area contributed by atoms with Gasteiger partial charge in [0.2, 0.25) is 0 Å². The number of hydrogen-bond acceptors (Lipinski definition) is 6. The number of carbonyl (C=O) groups is 1. The molecule has 3 rings (SSSR count). The first kappa shape index (κ1) is 24.5. The third-order valence-electron chi connectivity index (χ3n) is 5.78. The number of piperidine rings is 1. The summed E-state index contributed by atoms with van der Waals surface area (Å²) >= 11 is 0. The fourth-order valence-electron chi connectivity index (χ4n) is 4.37. The van der Waals surface area contributed by atoms with Gasteiger partial charge in [0.25, 0.3) is 0 Å². The number of nitrogens with one attached hydrogen (secondary N) is 1. The summed E-state index contributed by atoms with van der Waals surface area (Å²) in [7, 11) is 0. The Kier molecular flexibility index (Phi) is 9.31. The fourth-order valence-corrected chi connectivity index (χ4v) is 4.37. The Morgan fingerprint density at radius 1 is 1.21 bits per heavy atom. The van der Waals surface area contributed by atoms with Gasteiger partial charge in [0.05, 0.1) is 12.6 Å². The predicted molar refractivity (Wildman–Crippen MR) is 128 cm³/mol. The van der Waals surface area contributed by atoms with Crippen molar-refractivity contribution in [2.75, 3.05) is 52.4 Å². The number of hydrogen-bond donors (Lipinski definition) is 1. The highest BCUT2D eigenvalue weighted by Gasteiger charge is 2.36. The number of guanidine groups is 1. The summed E-state index contributed by atoms with van der Waals surface area (Å²) in [5.41, 5.74) is -0.445. The van der Waals surface area contributed by atoms with Crippen molar-refractivity contribution < 1.29 is 9.53 Å². The molecular weight excluding hydrogens is 481 g/mol. The number of aliphatic imine (C=N–C) groups is 1.